The van der Waals surface area contributed by atoms with Gasteiger partial charge in [-0.15, -0.1) is 0 Å². The molecular formula is C23H28F3N3O5S. The highest BCUT2D eigenvalue weighted by Gasteiger charge is 2.47. The van der Waals surface area contributed by atoms with Crippen LogP contribution >= 0.6 is 0 Å². The predicted molar refractivity (Wildman–Crippen MR) is 122 cm³/mol. The van der Waals surface area contributed by atoms with Crippen LogP contribution in [0.4, 0.5) is 18.9 Å². The van der Waals surface area contributed by atoms with Crippen LogP contribution in [-0.4, -0.2) is 87.2 Å². The van der Waals surface area contributed by atoms with Crippen LogP contribution < -0.4 is 9.62 Å². The molecular weight excluding hydrogens is 487 g/mol. The van der Waals surface area contributed by atoms with E-state index in [1.807, 2.05) is 9.80 Å². The zero-order chi connectivity index (χ0) is 25.2. The molecule has 2 fully saturated rings. The first kappa shape index (κ1) is 25.9. The number of sulfonamides is 1. The van der Waals surface area contributed by atoms with Gasteiger partial charge in [-0.1, -0.05) is 24.3 Å². The van der Waals surface area contributed by atoms with Crippen LogP contribution in [0.25, 0.3) is 0 Å². The van der Waals surface area contributed by atoms with Crippen LogP contribution in [0.15, 0.2) is 59.5 Å². The summed E-state index contributed by atoms with van der Waals surface area (Å²) in [7, 11) is -3.80. The minimum atomic E-state index is -4.43. The van der Waals surface area contributed by atoms with Gasteiger partial charge in [0.2, 0.25) is 10.0 Å². The van der Waals surface area contributed by atoms with Crippen molar-refractivity contribution in [1.29, 1.82) is 0 Å². The molecule has 2 saturated heterocycles. The van der Waals surface area contributed by atoms with Gasteiger partial charge >= 0.3 is 6.18 Å². The SMILES string of the molecule is O=S(=O)(NC[C@@H]1O[C@@H](CO)[C@@H](O)[C@H]1N1CCN(c2cccc(C(F)(F)F)c2)CC1)c1ccccc1. The first-order valence-corrected chi connectivity index (χ1v) is 12.7. The molecule has 12 heteroatoms. The summed E-state index contributed by atoms with van der Waals surface area (Å²) in [5.41, 5.74) is -0.253. The van der Waals surface area contributed by atoms with Gasteiger partial charge in [0.25, 0.3) is 0 Å². The number of piperazine rings is 1. The Morgan fingerprint density at radius 3 is 2.31 bits per heavy atom. The Morgan fingerprint density at radius 2 is 1.69 bits per heavy atom. The van der Waals surface area contributed by atoms with E-state index in [1.54, 1.807) is 24.3 Å². The molecule has 2 heterocycles. The number of rotatable bonds is 7. The van der Waals surface area contributed by atoms with E-state index in [-0.39, 0.29) is 11.4 Å². The zero-order valence-electron chi connectivity index (χ0n) is 18.8. The van der Waals surface area contributed by atoms with Gasteiger partial charge < -0.3 is 19.8 Å². The summed E-state index contributed by atoms with van der Waals surface area (Å²) >= 11 is 0. The molecule has 2 aromatic carbocycles. The lowest BCUT2D eigenvalue weighted by atomic mass is 10.0. The van der Waals surface area contributed by atoms with E-state index < -0.39 is 52.7 Å². The Hall–Kier alpha value is -2.22. The Labute approximate surface area is 202 Å². The molecule has 192 valence electrons. The number of halogens is 3. The number of ether oxygens (including phenoxy) is 1. The zero-order valence-corrected chi connectivity index (χ0v) is 19.6. The maximum Gasteiger partial charge on any atom is 0.416 e. The van der Waals surface area contributed by atoms with Crippen molar-refractivity contribution in [2.75, 3.05) is 44.2 Å². The van der Waals surface area contributed by atoms with Crippen LogP contribution in [0.3, 0.4) is 0 Å². The van der Waals surface area contributed by atoms with Gasteiger partial charge in [-0.25, -0.2) is 13.1 Å². The van der Waals surface area contributed by atoms with Crippen molar-refractivity contribution in [1.82, 2.24) is 9.62 Å². The van der Waals surface area contributed by atoms with E-state index in [2.05, 4.69) is 4.72 Å². The summed E-state index contributed by atoms with van der Waals surface area (Å²) in [6, 6.07) is 12.4. The molecule has 2 aromatic rings. The fourth-order valence-electron chi connectivity index (χ4n) is 4.63. The van der Waals surface area contributed by atoms with E-state index in [1.165, 1.54) is 18.2 Å². The first-order chi connectivity index (χ1) is 16.6. The molecule has 0 amide bonds. The van der Waals surface area contributed by atoms with Crippen molar-refractivity contribution < 1.29 is 36.5 Å². The molecule has 35 heavy (non-hydrogen) atoms. The summed E-state index contributed by atoms with van der Waals surface area (Å²) in [5.74, 6) is 0. The van der Waals surface area contributed by atoms with Gasteiger partial charge in [0.05, 0.1) is 29.2 Å². The first-order valence-electron chi connectivity index (χ1n) is 11.3. The number of aliphatic hydroxyl groups excluding tert-OH is 2. The lowest BCUT2D eigenvalue weighted by molar-refractivity contribution is -0.137. The van der Waals surface area contributed by atoms with E-state index in [0.29, 0.717) is 31.9 Å². The van der Waals surface area contributed by atoms with Crippen molar-refractivity contribution in [2.45, 2.75) is 35.4 Å². The topological polar surface area (TPSA) is 102 Å². The van der Waals surface area contributed by atoms with E-state index in [4.69, 9.17) is 4.74 Å². The monoisotopic (exact) mass is 515 g/mol. The van der Waals surface area contributed by atoms with Gasteiger partial charge in [0.1, 0.15) is 12.2 Å². The molecule has 8 nitrogen and oxygen atoms in total. The third kappa shape index (κ3) is 5.79. The van der Waals surface area contributed by atoms with Crippen molar-refractivity contribution in [2.24, 2.45) is 0 Å². The van der Waals surface area contributed by atoms with Gasteiger partial charge in [-0.05, 0) is 30.3 Å². The van der Waals surface area contributed by atoms with Gasteiger partial charge in [0.15, 0.2) is 0 Å². The Bertz CT molecular complexity index is 1100. The highest BCUT2D eigenvalue weighted by atomic mass is 32.2. The number of benzene rings is 2. The second kappa shape index (κ2) is 10.4. The highest BCUT2D eigenvalue weighted by molar-refractivity contribution is 7.89. The van der Waals surface area contributed by atoms with Crippen LogP contribution in [0.5, 0.6) is 0 Å². The van der Waals surface area contributed by atoms with Crippen LogP contribution in [0.1, 0.15) is 5.56 Å². The highest BCUT2D eigenvalue weighted by Crippen LogP contribution is 2.33. The molecule has 0 aliphatic carbocycles. The molecule has 4 atom stereocenters. The number of hydrogen-bond donors (Lipinski definition) is 3. The van der Waals surface area contributed by atoms with Gasteiger partial charge in [0, 0.05) is 38.4 Å². The van der Waals surface area contributed by atoms with Crippen molar-refractivity contribution in [3.8, 4) is 0 Å². The Morgan fingerprint density at radius 1 is 1.00 bits per heavy atom. The number of anilines is 1. The number of hydrogen-bond acceptors (Lipinski definition) is 7. The quantitative estimate of drug-likeness (QED) is 0.511. The summed E-state index contributed by atoms with van der Waals surface area (Å²) in [4.78, 5) is 3.87. The van der Waals surface area contributed by atoms with Gasteiger partial charge in [-0.2, -0.15) is 13.2 Å². The number of alkyl halides is 3. The maximum absolute atomic E-state index is 13.1. The smallest absolute Gasteiger partial charge is 0.394 e. The summed E-state index contributed by atoms with van der Waals surface area (Å²) in [5, 5.41) is 20.4. The number of aliphatic hydroxyl groups is 2. The molecule has 3 N–H and O–H groups in total. The van der Waals surface area contributed by atoms with Crippen LogP contribution in [0, 0.1) is 0 Å². The minimum absolute atomic E-state index is 0.100. The molecule has 0 spiro atoms. The lowest BCUT2D eigenvalue weighted by Crippen LogP contribution is -2.57. The van der Waals surface area contributed by atoms with Crippen molar-refractivity contribution in [3.63, 3.8) is 0 Å². The standard InChI is InChI=1S/C23H28F3N3O5S/c24-23(25,26)16-5-4-6-17(13-16)28-9-11-29(12-10-28)21-19(34-20(15-30)22(21)31)14-27-35(32,33)18-7-2-1-3-8-18/h1-8,13,19-22,27,30-31H,9-12,14-15H2/t19-,20-,21-,22+/m0/s1. The van der Waals surface area contributed by atoms with Crippen molar-refractivity contribution in [3.05, 3.63) is 60.2 Å². The fraction of sp³-hybridized carbons (Fsp3) is 0.478. The van der Waals surface area contributed by atoms with Gasteiger partial charge in [-0.3, -0.25) is 4.90 Å². The summed E-state index contributed by atoms with van der Waals surface area (Å²) in [6.07, 6.45) is -7.07. The molecule has 2 aliphatic heterocycles. The minimum Gasteiger partial charge on any atom is -0.394 e. The lowest BCUT2D eigenvalue weighted by Gasteiger charge is -2.41. The molecule has 0 saturated carbocycles. The largest absolute Gasteiger partial charge is 0.416 e. The second-order valence-electron chi connectivity index (χ2n) is 8.61. The van der Waals surface area contributed by atoms with E-state index >= 15 is 0 Å². The fourth-order valence-corrected chi connectivity index (χ4v) is 5.69. The molecule has 2 aliphatic rings. The van der Waals surface area contributed by atoms with E-state index in [0.717, 1.165) is 12.1 Å². The van der Waals surface area contributed by atoms with E-state index in [9.17, 15) is 31.8 Å². The van der Waals surface area contributed by atoms with Crippen LogP contribution in [0.2, 0.25) is 0 Å². The predicted octanol–water partition coefficient (Wildman–Crippen LogP) is 1.30. The molecule has 0 radical (unpaired) electrons. The third-order valence-corrected chi connectivity index (χ3v) is 7.88. The Kier molecular flexibility index (Phi) is 7.69. The third-order valence-electron chi connectivity index (χ3n) is 6.44. The van der Waals surface area contributed by atoms with Crippen molar-refractivity contribution >= 4 is 15.7 Å². The Balaban J connectivity index is 1.43. The van der Waals surface area contributed by atoms with Crippen LogP contribution in [-0.2, 0) is 20.9 Å². The summed E-state index contributed by atoms with van der Waals surface area (Å²) < 4.78 is 72.8. The normalized spacial score (nSPS) is 26.3. The summed E-state index contributed by atoms with van der Waals surface area (Å²) in [6.45, 7) is 1.13. The number of nitrogens with one attached hydrogen (secondary N) is 1. The molecule has 0 aromatic heterocycles. The number of nitrogens with zero attached hydrogens (tertiary/aromatic N) is 2. The average Bonchev–Trinajstić information content (AvgIpc) is 3.18. The second-order valence-corrected chi connectivity index (χ2v) is 10.4. The molecule has 4 rings (SSSR count). The average molecular weight is 516 g/mol. The maximum atomic E-state index is 13.1. The molecule has 0 unspecified atom stereocenters. The molecule has 0 bridgehead atoms.